The van der Waals surface area contributed by atoms with Gasteiger partial charge in [0.05, 0.1) is 0 Å². The molecule has 0 bridgehead atoms. The van der Waals surface area contributed by atoms with Gasteiger partial charge in [0.15, 0.2) is 0 Å². The van der Waals surface area contributed by atoms with Gasteiger partial charge in [-0.2, -0.15) is 11.8 Å². The molecule has 0 radical (unpaired) electrons. The fourth-order valence-corrected chi connectivity index (χ4v) is 3.61. The van der Waals surface area contributed by atoms with E-state index >= 15 is 0 Å². The molecule has 0 aromatic heterocycles. The molecule has 0 saturated carbocycles. The number of halogens is 1. The summed E-state index contributed by atoms with van der Waals surface area (Å²) < 4.78 is 13.0. The Kier molecular flexibility index (Phi) is 4.10. The average molecular weight is 253 g/mol. The molecule has 1 nitrogen and oxygen atoms in total. The lowest BCUT2D eigenvalue weighted by Gasteiger charge is -2.35. The second kappa shape index (κ2) is 5.40. The first-order valence-electron chi connectivity index (χ1n) is 6.11. The Morgan fingerprint density at radius 2 is 2.29 bits per heavy atom. The molecule has 3 heteroatoms. The van der Waals surface area contributed by atoms with Crippen LogP contribution in [0.2, 0.25) is 0 Å². The van der Waals surface area contributed by atoms with Gasteiger partial charge in [-0.25, -0.2) is 4.39 Å². The molecule has 2 rings (SSSR count). The number of hydrogen-bond acceptors (Lipinski definition) is 2. The lowest BCUT2D eigenvalue weighted by Crippen LogP contribution is -2.39. The minimum absolute atomic E-state index is 0.150. The van der Waals surface area contributed by atoms with Crippen LogP contribution in [-0.4, -0.2) is 17.5 Å². The monoisotopic (exact) mass is 253 g/mol. The molecule has 1 unspecified atom stereocenters. The van der Waals surface area contributed by atoms with Crippen LogP contribution in [0.15, 0.2) is 24.3 Å². The topological polar surface area (TPSA) is 12.0 Å². The Labute approximate surface area is 107 Å². The molecule has 1 heterocycles. The van der Waals surface area contributed by atoms with Crippen LogP contribution in [0, 0.1) is 11.2 Å². The summed E-state index contributed by atoms with van der Waals surface area (Å²) in [5.41, 5.74) is 1.45. The summed E-state index contributed by atoms with van der Waals surface area (Å²) in [6, 6.07) is 7.38. The van der Waals surface area contributed by atoms with E-state index in [9.17, 15) is 4.39 Å². The molecule has 1 aromatic carbocycles. The fraction of sp³-hybridized carbons (Fsp3) is 0.571. The number of hydrogen-bond donors (Lipinski definition) is 1. The van der Waals surface area contributed by atoms with Gasteiger partial charge in [0.1, 0.15) is 5.82 Å². The standard InChI is InChI=1S/C14H20FNS/c1-14(2)7-13(9-17-10-14)16-8-11-4-3-5-12(15)6-11/h3-6,13,16H,7-10H2,1-2H3. The molecule has 1 aliphatic rings. The number of benzene rings is 1. The van der Waals surface area contributed by atoms with E-state index in [4.69, 9.17) is 0 Å². The fourth-order valence-electron chi connectivity index (χ4n) is 2.30. The van der Waals surface area contributed by atoms with Crippen LogP contribution in [0.1, 0.15) is 25.8 Å². The van der Waals surface area contributed by atoms with Crippen molar-refractivity contribution in [3.63, 3.8) is 0 Å². The maximum atomic E-state index is 13.0. The van der Waals surface area contributed by atoms with Crippen LogP contribution >= 0.6 is 11.8 Å². The third-order valence-electron chi connectivity index (χ3n) is 3.09. The summed E-state index contributed by atoms with van der Waals surface area (Å²) in [6.07, 6.45) is 1.20. The molecule has 0 aliphatic carbocycles. The third-order valence-corrected chi connectivity index (χ3v) is 4.72. The maximum absolute atomic E-state index is 13.0. The highest BCUT2D eigenvalue weighted by Crippen LogP contribution is 2.33. The summed E-state index contributed by atoms with van der Waals surface area (Å²) in [5, 5.41) is 3.53. The number of nitrogens with one attached hydrogen (secondary N) is 1. The van der Waals surface area contributed by atoms with E-state index < -0.39 is 0 Å². The molecule has 1 N–H and O–H groups in total. The third kappa shape index (κ3) is 4.00. The van der Waals surface area contributed by atoms with Gasteiger partial charge in [0, 0.05) is 18.3 Å². The second-order valence-electron chi connectivity index (χ2n) is 5.59. The van der Waals surface area contributed by atoms with E-state index in [-0.39, 0.29) is 5.82 Å². The SMILES string of the molecule is CC1(C)CSCC(NCc2cccc(F)c2)C1. The summed E-state index contributed by atoms with van der Waals surface area (Å²) in [4.78, 5) is 0. The summed E-state index contributed by atoms with van der Waals surface area (Å²) in [5.74, 6) is 2.26. The predicted octanol–water partition coefficient (Wildman–Crippen LogP) is 3.45. The first-order chi connectivity index (χ1) is 8.05. The van der Waals surface area contributed by atoms with Crippen molar-refractivity contribution in [1.29, 1.82) is 0 Å². The number of rotatable bonds is 3. The van der Waals surface area contributed by atoms with Gasteiger partial charge in [-0.1, -0.05) is 26.0 Å². The Balaban J connectivity index is 1.86. The van der Waals surface area contributed by atoms with Crippen molar-refractivity contribution in [3.05, 3.63) is 35.6 Å². The van der Waals surface area contributed by atoms with Crippen LogP contribution in [0.3, 0.4) is 0 Å². The summed E-state index contributed by atoms with van der Waals surface area (Å²) >= 11 is 2.01. The van der Waals surface area contributed by atoms with Crippen molar-refractivity contribution in [2.24, 2.45) is 5.41 Å². The lowest BCUT2D eigenvalue weighted by molar-refractivity contribution is 0.317. The van der Waals surface area contributed by atoms with Gasteiger partial charge in [-0.05, 0) is 35.3 Å². The van der Waals surface area contributed by atoms with Gasteiger partial charge in [-0.3, -0.25) is 0 Å². The zero-order chi connectivity index (χ0) is 12.3. The molecular formula is C14H20FNS. The van der Waals surface area contributed by atoms with Crippen LogP contribution in [-0.2, 0) is 6.54 Å². The first kappa shape index (κ1) is 12.9. The molecule has 0 amide bonds. The van der Waals surface area contributed by atoms with Gasteiger partial charge < -0.3 is 5.32 Å². The van der Waals surface area contributed by atoms with Crippen LogP contribution in [0.25, 0.3) is 0 Å². The predicted molar refractivity (Wildman–Crippen MR) is 72.8 cm³/mol. The van der Waals surface area contributed by atoms with E-state index in [0.717, 1.165) is 12.1 Å². The Bertz CT molecular complexity index is 378. The van der Waals surface area contributed by atoms with E-state index in [0.29, 0.717) is 11.5 Å². The molecule has 1 aliphatic heterocycles. The second-order valence-corrected chi connectivity index (χ2v) is 6.62. The number of thioether (sulfide) groups is 1. The Hall–Kier alpha value is -0.540. The first-order valence-corrected chi connectivity index (χ1v) is 7.26. The van der Waals surface area contributed by atoms with Crippen molar-refractivity contribution >= 4 is 11.8 Å². The maximum Gasteiger partial charge on any atom is 0.123 e. The molecule has 1 saturated heterocycles. The largest absolute Gasteiger partial charge is 0.309 e. The van der Waals surface area contributed by atoms with Crippen molar-refractivity contribution in [2.45, 2.75) is 32.9 Å². The van der Waals surface area contributed by atoms with Crippen LogP contribution in [0.5, 0.6) is 0 Å². The normalized spacial score (nSPS) is 23.6. The van der Waals surface area contributed by atoms with Crippen molar-refractivity contribution in [3.8, 4) is 0 Å². The summed E-state index contributed by atoms with van der Waals surface area (Å²) in [6.45, 7) is 5.39. The highest BCUT2D eigenvalue weighted by Gasteiger charge is 2.27. The Morgan fingerprint density at radius 3 is 3.00 bits per heavy atom. The average Bonchev–Trinajstić information content (AvgIpc) is 2.25. The van der Waals surface area contributed by atoms with Gasteiger partial charge >= 0.3 is 0 Å². The minimum Gasteiger partial charge on any atom is -0.309 e. The summed E-state index contributed by atoms with van der Waals surface area (Å²) in [7, 11) is 0. The van der Waals surface area contributed by atoms with E-state index in [1.165, 1.54) is 24.0 Å². The van der Waals surface area contributed by atoms with Crippen molar-refractivity contribution in [2.75, 3.05) is 11.5 Å². The molecule has 1 atom stereocenters. The molecule has 17 heavy (non-hydrogen) atoms. The van der Waals surface area contributed by atoms with Crippen molar-refractivity contribution < 1.29 is 4.39 Å². The van der Waals surface area contributed by atoms with Gasteiger partial charge in [-0.15, -0.1) is 0 Å². The smallest absolute Gasteiger partial charge is 0.123 e. The van der Waals surface area contributed by atoms with E-state index in [1.807, 2.05) is 17.8 Å². The van der Waals surface area contributed by atoms with Crippen LogP contribution < -0.4 is 5.32 Å². The van der Waals surface area contributed by atoms with Gasteiger partial charge in [0.25, 0.3) is 0 Å². The quantitative estimate of drug-likeness (QED) is 0.885. The van der Waals surface area contributed by atoms with Crippen LogP contribution in [0.4, 0.5) is 4.39 Å². The highest BCUT2D eigenvalue weighted by atomic mass is 32.2. The molecule has 1 fully saturated rings. The zero-order valence-corrected chi connectivity index (χ0v) is 11.3. The lowest BCUT2D eigenvalue weighted by atomic mass is 9.88. The van der Waals surface area contributed by atoms with Crippen molar-refractivity contribution in [1.82, 2.24) is 5.32 Å². The highest BCUT2D eigenvalue weighted by molar-refractivity contribution is 7.99. The minimum atomic E-state index is -0.150. The zero-order valence-electron chi connectivity index (χ0n) is 10.5. The van der Waals surface area contributed by atoms with Gasteiger partial charge in [0.2, 0.25) is 0 Å². The molecular weight excluding hydrogens is 233 g/mol. The molecule has 1 aromatic rings. The van der Waals surface area contributed by atoms with E-state index in [2.05, 4.69) is 19.2 Å². The van der Waals surface area contributed by atoms with E-state index in [1.54, 1.807) is 12.1 Å². The molecule has 94 valence electrons. The Morgan fingerprint density at radius 1 is 1.47 bits per heavy atom. The molecule has 0 spiro atoms.